The lowest BCUT2D eigenvalue weighted by molar-refractivity contribution is -0.120. The summed E-state index contributed by atoms with van der Waals surface area (Å²) in [4.78, 5) is 51.6. The zero-order valence-corrected chi connectivity index (χ0v) is 20.7. The first-order valence-corrected chi connectivity index (χ1v) is 12.1. The second-order valence-electron chi connectivity index (χ2n) is 8.20. The zero-order valence-electron chi connectivity index (χ0n) is 20.0. The molecule has 0 atom stereocenters. The van der Waals surface area contributed by atoms with E-state index in [0.717, 1.165) is 17.7 Å². The number of esters is 1. The molecule has 37 heavy (non-hydrogen) atoms. The molecule has 0 radical (unpaired) electrons. The molecule has 1 heterocycles. The fourth-order valence-electron chi connectivity index (χ4n) is 3.59. The van der Waals surface area contributed by atoms with Crippen molar-refractivity contribution in [1.29, 1.82) is 0 Å². The number of nitrogens with one attached hydrogen (secondary N) is 2. The Labute approximate surface area is 218 Å². The molecule has 0 fully saturated rings. The molecule has 1 aliphatic rings. The Balaban J connectivity index is 1.46. The van der Waals surface area contributed by atoms with Crippen molar-refractivity contribution in [3.8, 4) is 0 Å². The van der Waals surface area contributed by atoms with Gasteiger partial charge in [-0.25, -0.2) is 9.69 Å². The normalized spacial score (nSPS) is 13.1. The lowest BCUT2D eigenvalue weighted by Gasteiger charge is -2.15. The van der Waals surface area contributed by atoms with Crippen molar-refractivity contribution >= 4 is 52.4 Å². The topological polar surface area (TPSA) is 105 Å². The third-order valence-electron chi connectivity index (χ3n) is 5.55. The van der Waals surface area contributed by atoms with Gasteiger partial charge < -0.3 is 15.4 Å². The molecule has 0 bridgehead atoms. The maximum atomic E-state index is 13.1. The maximum Gasteiger partial charge on any atom is 0.338 e. The van der Waals surface area contributed by atoms with Crippen LogP contribution in [-0.4, -0.2) is 30.3 Å². The van der Waals surface area contributed by atoms with Crippen LogP contribution in [0.3, 0.4) is 0 Å². The number of unbranched alkanes of at least 4 members (excludes halogenated alkanes) is 1. The Morgan fingerprint density at radius 3 is 2.27 bits per heavy atom. The van der Waals surface area contributed by atoms with Gasteiger partial charge in [0.25, 0.3) is 17.7 Å². The van der Waals surface area contributed by atoms with Gasteiger partial charge in [0, 0.05) is 16.9 Å². The quantitative estimate of drug-likeness (QED) is 0.226. The van der Waals surface area contributed by atoms with Crippen LogP contribution in [0, 0.1) is 0 Å². The number of halogens is 1. The first-order chi connectivity index (χ1) is 17.9. The predicted molar refractivity (Wildman–Crippen MR) is 141 cm³/mol. The number of anilines is 3. The van der Waals surface area contributed by atoms with Crippen LogP contribution in [0.5, 0.6) is 0 Å². The molecule has 0 unspecified atom stereocenters. The van der Waals surface area contributed by atoms with Crippen molar-refractivity contribution in [1.82, 2.24) is 0 Å². The number of hydrogen-bond donors (Lipinski definition) is 2. The van der Waals surface area contributed by atoms with E-state index in [1.54, 1.807) is 36.4 Å². The average molecular weight is 518 g/mol. The summed E-state index contributed by atoms with van der Waals surface area (Å²) in [6.45, 7) is 2.32. The minimum atomic E-state index is -0.703. The fraction of sp³-hybridized carbons (Fsp3) is 0.143. The third kappa shape index (κ3) is 5.87. The highest BCUT2D eigenvalue weighted by atomic mass is 35.5. The minimum Gasteiger partial charge on any atom is -0.462 e. The van der Waals surface area contributed by atoms with Gasteiger partial charge in [-0.1, -0.05) is 49.2 Å². The van der Waals surface area contributed by atoms with E-state index in [9.17, 15) is 19.2 Å². The van der Waals surface area contributed by atoms with Crippen LogP contribution in [0.2, 0.25) is 0 Å². The molecule has 8 nitrogen and oxygen atoms in total. The Bertz CT molecular complexity index is 1370. The summed E-state index contributed by atoms with van der Waals surface area (Å²) in [5, 5.41) is 5.38. The number of nitrogens with zero attached hydrogens (tertiary/aromatic N) is 1. The Hall–Kier alpha value is -4.43. The second-order valence-corrected chi connectivity index (χ2v) is 8.57. The lowest BCUT2D eigenvalue weighted by atomic mass is 10.1. The molecule has 3 amide bonds. The van der Waals surface area contributed by atoms with E-state index in [1.165, 1.54) is 24.3 Å². The van der Waals surface area contributed by atoms with Crippen molar-refractivity contribution in [3.63, 3.8) is 0 Å². The van der Waals surface area contributed by atoms with Gasteiger partial charge in [-0.05, 0) is 61.0 Å². The number of hydrogen-bond acceptors (Lipinski definition) is 6. The number of carbonyl (C=O) groups is 4. The van der Waals surface area contributed by atoms with Crippen molar-refractivity contribution in [2.24, 2.45) is 0 Å². The number of para-hydroxylation sites is 1. The number of imide groups is 1. The molecule has 0 saturated carbocycles. The van der Waals surface area contributed by atoms with Crippen LogP contribution >= 0.6 is 11.6 Å². The van der Waals surface area contributed by atoms with E-state index in [1.807, 2.05) is 25.1 Å². The number of benzene rings is 3. The molecule has 0 spiro atoms. The van der Waals surface area contributed by atoms with Crippen molar-refractivity contribution in [2.75, 3.05) is 22.1 Å². The number of amides is 3. The van der Waals surface area contributed by atoms with Crippen molar-refractivity contribution < 1.29 is 23.9 Å². The van der Waals surface area contributed by atoms with Gasteiger partial charge in [-0.15, -0.1) is 0 Å². The largest absolute Gasteiger partial charge is 0.462 e. The zero-order chi connectivity index (χ0) is 26.4. The lowest BCUT2D eigenvalue weighted by Crippen LogP contribution is -2.32. The Kier molecular flexibility index (Phi) is 8.00. The summed E-state index contributed by atoms with van der Waals surface area (Å²) >= 11 is 6.23. The summed E-state index contributed by atoms with van der Waals surface area (Å²) in [5.74, 6) is -2.18. The minimum absolute atomic E-state index is 0.115. The molecule has 3 aromatic carbocycles. The van der Waals surface area contributed by atoms with E-state index in [0.29, 0.717) is 29.1 Å². The highest BCUT2D eigenvalue weighted by molar-refractivity contribution is 6.53. The van der Waals surface area contributed by atoms with E-state index >= 15 is 0 Å². The summed E-state index contributed by atoms with van der Waals surface area (Å²) < 4.78 is 5.18. The van der Waals surface area contributed by atoms with Gasteiger partial charge in [-0.3, -0.25) is 14.4 Å². The molecule has 3 aromatic rings. The van der Waals surface area contributed by atoms with Crippen LogP contribution in [-0.2, 0) is 14.3 Å². The molecule has 0 aliphatic carbocycles. The van der Waals surface area contributed by atoms with E-state index in [2.05, 4.69) is 10.6 Å². The molecular formula is C28H24ClN3O5. The summed E-state index contributed by atoms with van der Waals surface area (Å²) in [6.07, 6.45) is 1.67. The summed E-state index contributed by atoms with van der Waals surface area (Å²) in [6, 6.07) is 21.4. The number of carbonyl (C=O) groups excluding carboxylic acids is 4. The molecule has 9 heteroatoms. The van der Waals surface area contributed by atoms with Gasteiger partial charge in [-0.2, -0.15) is 0 Å². The van der Waals surface area contributed by atoms with Gasteiger partial charge in [0.2, 0.25) is 0 Å². The maximum absolute atomic E-state index is 13.1. The van der Waals surface area contributed by atoms with Crippen LogP contribution in [0.4, 0.5) is 17.1 Å². The Morgan fingerprint density at radius 2 is 1.57 bits per heavy atom. The van der Waals surface area contributed by atoms with Crippen molar-refractivity contribution in [3.05, 3.63) is 101 Å². The Morgan fingerprint density at radius 1 is 0.865 bits per heavy atom. The first kappa shape index (κ1) is 25.7. The summed E-state index contributed by atoms with van der Waals surface area (Å²) in [7, 11) is 0. The predicted octanol–water partition coefficient (Wildman–Crippen LogP) is 5.33. The smallest absolute Gasteiger partial charge is 0.338 e. The number of ether oxygens (including phenoxy) is 1. The number of rotatable bonds is 9. The second kappa shape index (κ2) is 11.5. The van der Waals surface area contributed by atoms with Gasteiger partial charge >= 0.3 is 5.97 Å². The highest BCUT2D eigenvalue weighted by Gasteiger charge is 2.39. The molecular weight excluding hydrogens is 494 g/mol. The van der Waals surface area contributed by atoms with Crippen LogP contribution in [0.15, 0.2) is 89.6 Å². The van der Waals surface area contributed by atoms with E-state index < -0.39 is 17.8 Å². The monoisotopic (exact) mass is 517 g/mol. The van der Waals surface area contributed by atoms with Crippen LogP contribution < -0.4 is 15.5 Å². The van der Waals surface area contributed by atoms with Gasteiger partial charge in [0.05, 0.1) is 17.9 Å². The van der Waals surface area contributed by atoms with Crippen molar-refractivity contribution in [2.45, 2.75) is 19.8 Å². The van der Waals surface area contributed by atoms with Crippen LogP contribution in [0.1, 0.15) is 40.5 Å². The average Bonchev–Trinajstić information content (AvgIpc) is 3.12. The SMILES string of the molecule is CCCCOC(=O)c1ccc(N2C(=O)C(Cl)=C(Nc3cccc(C(=O)Nc4ccccc4)c3)C2=O)cc1. The van der Waals surface area contributed by atoms with E-state index in [4.69, 9.17) is 16.3 Å². The summed E-state index contributed by atoms with van der Waals surface area (Å²) in [5.41, 5.74) is 1.84. The molecule has 0 saturated heterocycles. The highest BCUT2D eigenvalue weighted by Crippen LogP contribution is 2.30. The first-order valence-electron chi connectivity index (χ1n) is 11.7. The third-order valence-corrected chi connectivity index (χ3v) is 5.90. The molecule has 0 aromatic heterocycles. The standard InChI is InChI=1S/C28H24ClN3O5/c1-2-3-16-37-28(36)18-12-14-22(15-13-18)32-26(34)23(29)24(27(32)35)30-21-11-7-8-19(17-21)25(33)31-20-9-5-4-6-10-20/h4-15,17,30H,2-3,16H2,1H3,(H,31,33). The molecule has 2 N–H and O–H groups in total. The van der Waals surface area contributed by atoms with Gasteiger partial charge in [0.15, 0.2) is 0 Å². The fourth-order valence-corrected chi connectivity index (χ4v) is 3.80. The van der Waals surface area contributed by atoms with Crippen LogP contribution in [0.25, 0.3) is 0 Å². The van der Waals surface area contributed by atoms with E-state index in [-0.39, 0.29) is 22.3 Å². The molecule has 1 aliphatic heterocycles. The van der Waals surface area contributed by atoms with Gasteiger partial charge in [0.1, 0.15) is 10.7 Å². The molecule has 4 rings (SSSR count). The molecule has 188 valence electrons.